The number of hydrogen-bond donors (Lipinski definition) is 2. The summed E-state index contributed by atoms with van der Waals surface area (Å²) in [4.78, 5) is 0. The van der Waals surface area contributed by atoms with E-state index in [2.05, 4.69) is 10.0 Å². The molecule has 21 heavy (non-hydrogen) atoms. The summed E-state index contributed by atoms with van der Waals surface area (Å²) in [7, 11) is -3.42. The summed E-state index contributed by atoms with van der Waals surface area (Å²) >= 11 is 1.26. The van der Waals surface area contributed by atoms with E-state index in [-0.39, 0.29) is 0 Å². The van der Waals surface area contributed by atoms with Crippen LogP contribution in [0.2, 0.25) is 0 Å². The number of furan rings is 1. The Balaban J connectivity index is 1.53. The molecule has 1 fully saturated rings. The summed E-state index contributed by atoms with van der Waals surface area (Å²) in [6.45, 7) is 1.08. The maximum atomic E-state index is 12.2. The first-order valence-electron chi connectivity index (χ1n) is 6.96. The van der Waals surface area contributed by atoms with E-state index < -0.39 is 10.0 Å². The molecule has 114 valence electrons. The molecule has 2 aromatic rings. The van der Waals surface area contributed by atoms with E-state index in [9.17, 15) is 8.42 Å². The topological polar surface area (TPSA) is 71.3 Å². The second-order valence-corrected chi connectivity index (χ2v) is 8.06. The summed E-state index contributed by atoms with van der Waals surface area (Å²) in [6.07, 6.45) is 4.59. The highest BCUT2D eigenvalue weighted by molar-refractivity contribution is 7.91. The Labute approximate surface area is 128 Å². The van der Waals surface area contributed by atoms with Crippen LogP contribution in [0.3, 0.4) is 0 Å². The molecule has 0 unspecified atom stereocenters. The van der Waals surface area contributed by atoms with Gasteiger partial charge in [-0.15, -0.1) is 11.3 Å². The minimum absolute atomic E-state index is 0.337. The largest absolute Gasteiger partial charge is 0.469 e. The van der Waals surface area contributed by atoms with Crippen LogP contribution in [0.25, 0.3) is 0 Å². The zero-order valence-corrected chi connectivity index (χ0v) is 13.2. The first-order chi connectivity index (χ1) is 10.1. The van der Waals surface area contributed by atoms with E-state index in [4.69, 9.17) is 4.42 Å². The van der Waals surface area contributed by atoms with Gasteiger partial charge in [0.2, 0.25) is 10.0 Å². The molecule has 0 aromatic carbocycles. The van der Waals surface area contributed by atoms with Crippen molar-refractivity contribution in [3.8, 4) is 0 Å². The second kappa shape index (κ2) is 6.31. The van der Waals surface area contributed by atoms with Crippen molar-refractivity contribution in [1.82, 2.24) is 10.0 Å². The summed E-state index contributed by atoms with van der Waals surface area (Å²) < 4.78 is 32.5. The third-order valence-corrected chi connectivity index (χ3v) is 6.26. The lowest BCUT2D eigenvalue weighted by Gasteiger charge is -2.03. The first kappa shape index (κ1) is 14.8. The number of thiophene rings is 1. The number of sulfonamides is 1. The SMILES string of the molecule is O=S(=O)(NCCc1ccco1)c1cc(CNC2CC2)cs1. The van der Waals surface area contributed by atoms with Crippen LogP contribution in [0.4, 0.5) is 0 Å². The van der Waals surface area contributed by atoms with Crippen LogP contribution in [-0.4, -0.2) is 21.0 Å². The van der Waals surface area contributed by atoms with Gasteiger partial charge in [-0.25, -0.2) is 13.1 Å². The summed E-state index contributed by atoms with van der Waals surface area (Å²) in [5.41, 5.74) is 1.03. The molecule has 0 saturated heterocycles. The molecule has 0 amide bonds. The van der Waals surface area contributed by atoms with E-state index in [1.165, 1.54) is 24.2 Å². The third-order valence-electron chi connectivity index (χ3n) is 3.31. The maximum absolute atomic E-state index is 12.2. The Morgan fingerprint density at radius 1 is 1.38 bits per heavy atom. The van der Waals surface area contributed by atoms with Crippen molar-refractivity contribution in [2.75, 3.05) is 6.54 Å². The molecule has 2 heterocycles. The Morgan fingerprint density at radius 2 is 2.24 bits per heavy atom. The zero-order valence-electron chi connectivity index (χ0n) is 11.5. The van der Waals surface area contributed by atoms with Gasteiger partial charge in [-0.1, -0.05) is 0 Å². The predicted molar refractivity (Wildman–Crippen MR) is 81.8 cm³/mol. The fourth-order valence-electron chi connectivity index (χ4n) is 1.97. The van der Waals surface area contributed by atoms with Gasteiger partial charge in [0.25, 0.3) is 0 Å². The molecular formula is C14H18N2O3S2. The van der Waals surface area contributed by atoms with Gasteiger partial charge >= 0.3 is 0 Å². The zero-order chi connectivity index (χ0) is 14.7. The third kappa shape index (κ3) is 4.16. The molecule has 2 aromatic heterocycles. The lowest BCUT2D eigenvalue weighted by atomic mass is 10.3. The van der Waals surface area contributed by atoms with Crippen LogP contribution in [-0.2, 0) is 23.0 Å². The molecule has 0 atom stereocenters. The van der Waals surface area contributed by atoms with Gasteiger partial charge in [0, 0.05) is 25.6 Å². The molecule has 1 aliphatic carbocycles. The van der Waals surface area contributed by atoms with Gasteiger partial charge in [-0.3, -0.25) is 0 Å². The monoisotopic (exact) mass is 326 g/mol. The highest BCUT2D eigenvalue weighted by atomic mass is 32.2. The minimum Gasteiger partial charge on any atom is -0.469 e. The average Bonchev–Trinajstić information content (AvgIpc) is 2.93. The van der Waals surface area contributed by atoms with Crippen LogP contribution >= 0.6 is 11.3 Å². The first-order valence-corrected chi connectivity index (χ1v) is 9.32. The van der Waals surface area contributed by atoms with Crippen molar-refractivity contribution < 1.29 is 12.8 Å². The minimum atomic E-state index is -3.42. The number of hydrogen-bond acceptors (Lipinski definition) is 5. The summed E-state index contributed by atoms with van der Waals surface area (Å²) in [5, 5.41) is 5.28. The summed E-state index contributed by atoms with van der Waals surface area (Å²) in [6, 6.07) is 6.00. The van der Waals surface area contributed by atoms with Crippen LogP contribution in [0.1, 0.15) is 24.2 Å². The Kier molecular flexibility index (Phi) is 4.44. The Bertz CT molecular complexity index is 673. The van der Waals surface area contributed by atoms with Crippen molar-refractivity contribution in [1.29, 1.82) is 0 Å². The van der Waals surface area contributed by atoms with Crippen LogP contribution in [0.15, 0.2) is 38.5 Å². The van der Waals surface area contributed by atoms with Crippen LogP contribution < -0.4 is 10.0 Å². The molecule has 1 saturated carbocycles. The fourth-order valence-corrected chi connectivity index (χ4v) is 4.26. The van der Waals surface area contributed by atoms with E-state index >= 15 is 0 Å². The summed E-state index contributed by atoms with van der Waals surface area (Å²) in [5.74, 6) is 0.776. The van der Waals surface area contributed by atoms with E-state index in [0.717, 1.165) is 17.9 Å². The van der Waals surface area contributed by atoms with Crippen molar-refractivity contribution in [3.05, 3.63) is 41.2 Å². The maximum Gasteiger partial charge on any atom is 0.250 e. The van der Waals surface area contributed by atoms with Crippen molar-refractivity contribution in [3.63, 3.8) is 0 Å². The molecular weight excluding hydrogens is 308 g/mol. The number of rotatable bonds is 8. The predicted octanol–water partition coefficient (Wildman–Crippen LogP) is 2.11. The lowest BCUT2D eigenvalue weighted by molar-refractivity contribution is 0.506. The van der Waals surface area contributed by atoms with Crippen molar-refractivity contribution >= 4 is 21.4 Å². The fraction of sp³-hybridized carbons (Fsp3) is 0.429. The Morgan fingerprint density at radius 3 is 2.95 bits per heavy atom. The number of nitrogens with one attached hydrogen (secondary N) is 2. The highest BCUT2D eigenvalue weighted by Crippen LogP contribution is 2.23. The molecule has 2 N–H and O–H groups in total. The average molecular weight is 326 g/mol. The van der Waals surface area contributed by atoms with E-state index in [1.54, 1.807) is 18.4 Å². The standard InChI is InChI=1S/C14H18N2O3S2/c17-21(18,16-6-5-13-2-1-7-19-13)14-8-11(10-20-14)9-15-12-3-4-12/h1-2,7-8,10,12,15-16H,3-6,9H2. The molecule has 0 radical (unpaired) electrons. The molecule has 5 nitrogen and oxygen atoms in total. The van der Waals surface area contributed by atoms with E-state index in [1.807, 2.05) is 11.4 Å². The molecule has 0 spiro atoms. The van der Waals surface area contributed by atoms with Gasteiger partial charge in [-0.05, 0) is 42.0 Å². The van der Waals surface area contributed by atoms with Crippen molar-refractivity contribution in [2.45, 2.75) is 36.1 Å². The second-order valence-electron chi connectivity index (χ2n) is 5.16. The molecule has 3 rings (SSSR count). The van der Waals surface area contributed by atoms with E-state index in [0.29, 0.717) is 23.2 Å². The molecule has 1 aliphatic rings. The molecule has 0 bridgehead atoms. The lowest BCUT2D eigenvalue weighted by Crippen LogP contribution is -2.25. The Hall–Kier alpha value is -1.15. The van der Waals surface area contributed by atoms with Crippen LogP contribution in [0, 0.1) is 0 Å². The van der Waals surface area contributed by atoms with Gasteiger partial charge < -0.3 is 9.73 Å². The smallest absolute Gasteiger partial charge is 0.250 e. The van der Waals surface area contributed by atoms with Gasteiger partial charge in [0.05, 0.1) is 6.26 Å². The van der Waals surface area contributed by atoms with Crippen molar-refractivity contribution in [2.24, 2.45) is 0 Å². The quantitative estimate of drug-likeness (QED) is 0.779. The molecule has 0 aliphatic heterocycles. The van der Waals surface area contributed by atoms with Crippen LogP contribution in [0.5, 0.6) is 0 Å². The van der Waals surface area contributed by atoms with Gasteiger partial charge in [0.15, 0.2) is 0 Å². The normalized spacial score (nSPS) is 15.4. The van der Waals surface area contributed by atoms with Gasteiger partial charge in [-0.2, -0.15) is 0 Å². The van der Waals surface area contributed by atoms with Gasteiger partial charge in [0.1, 0.15) is 9.97 Å². The highest BCUT2D eigenvalue weighted by Gasteiger charge is 2.21. The molecule has 7 heteroatoms.